The van der Waals surface area contributed by atoms with Crippen molar-refractivity contribution in [1.29, 1.82) is 0 Å². The number of carbonyl (C=O) groups excluding carboxylic acids is 2. The topological polar surface area (TPSA) is 70.2 Å². The summed E-state index contributed by atoms with van der Waals surface area (Å²) in [6.45, 7) is 3.76. The Bertz CT molecular complexity index is 881. The zero-order chi connectivity index (χ0) is 19.8. The number of hydrogen-bond donors (Lipinski definition) is 3. The third-order valence-corrected chi connectivity index (χ3v) is 3.94. The van der Waals surface area contributed by atoms with Crippen LogP contribution in [0.3, 0.4) is 0 Å². The van der Waals surface area contributed by atoms with Gasteiger partial charge in [0, 0.05) is 17.1 Å². The summed E-state index contributed by atoms with van der Waals surface area (Å²) in [6.07, 6.45) is 2.94. The number of halogens is 1. The first-order valence-corrected chi connectivity index (χ1v) is 9.10. The minimum absolute atomic E-state index is 0.00663. The highest BCUT2D eigenvalue weighted by atomic mass is 35.5. The zero-order valence-corrected chi connectivity index (χ0v) is 16.5. The molecule has 0 unspecified atom stereocenters. The summed E-state index contributed by atoms with van der Waals surface area (Å²) in [5, 5.41) is 8.89. The van der Waals surface area contributed by atoms with Crippen LogP contribution in [0, 0.1) is 0 Å². The summed E-state index contributed by atoms with van der Waals surface area (Å²) in [7, 11) is 0. The van der Waals surface area contributed by atoms with Crippen molar-refractivity contribution in [2.24, 2.45) is 0 Å². The molecule has 0 aliphatic rings. The Morgan fingerprint density at radius 1 is 1.07 bits per heavy atom. The normalized spacial score (nSPS) is 10.7. The van der Waals surface area contributed by atoms with Crippen molar-refractivity contribution in [3.05, 3.63) is 70.8 Å². The Morgan fingerprint density at radius 3 is 2.44 bits per heavy atom. The molecule has 2 aromatic rings. The number of anilines is 1. The summed E-state index contributed by atoms with van der Waals surface area (Å²) < 4.78 is 0. The summed E-state index contributed by atoms with van der Waals surface area (Å²) in [6, 6.07) is 14.1. The molecule has 0 radical (unpaired) electrons. The third kappa shape index (κ3) is 6.51. The van der Waals surface area contributed by atoms with E-state index >= 15 is 0 Å². The van der Waals surface area contributed by atoms with Gasteiger partial charge < -0.3 is 10.6 Å². The highest BCUT2D eigenvalue weighted by Crippen LogP contribution is 2.16. The monoisotopic (exact) mass is 401 g/mol. The molecule has 0 aliphatic heterocycles. The van der Waals surface area contributed by atoms with Gasteiger partial charge in [-0.15, -0.1) is 0 Å². The predicted octanol–water partition coefficient (Wildman–Crippen LogP) is 4.00. The van der Waals surface area contributed by atoms with Crippen molar-refractivity contribution in [3.63, 3.8) is 0 Å². The number of nitrogens with one attached hydrogen (secondary N) is 3. The molecule has 7 heteroatoms. The first kappa shape index (κ1) is 20.6. The van der Waals surface area contributed by atoms with Crippen LogP contribution < -0.4 is 16.0 Å². The molecule has 0 saturated heterocycles. The molecule has 0 atom stereocenters. The summed E-state index contributed by atoms with van der Waals surface area (Å²) in [5.74, 6) is -0.627. The molecule has 0 fully saturated rings. The molecule has 3 N–H and O–H groups in total. The molecular formula is C20H20ClN3O2S. The van der Waals surface area contributed by atoms with E-state index in [-0.39, 0.29) is 17.1 Å². The minimum atomic E-state index is -0.406. The van der Waals surface area contributed by atoms with Gasteiger partial charge in [-0.3, -0.25) is 14.9 Å². The van der Waals surface area contributed by atoms with Gasteiger partial charge in [0.25, 0.3) is 5.91 Å². The standard InChI is InChI=1S/C20H20ClN3O2S/c1-13(2)22-19(26)15-8-4-6-10-17(15)23-20(27)24-18(25)12-11-14-7-3-5-9-16(14)21/h3-13H,1-2H3,(H,22,26)(H2,23,24,25,27)/b12-11-. The molecule has 140 valence electrons. The van der Waals surface area contributed by atoms with E-state index in [0.29, 0.717) is 16.3 Å². The number of benzene rings is 2. The van der Waals surface area contributed by atoms with Crippen molar-refractivity contribution in [3.8, 4) is 0 Å². The Kier molecular flexibility index (Phi) is 7.52. The van der Waals surface area contributed by atoms with Crippen molar-refractivity contribution < 1.29 is 9.59 Å². The van der Waals surface area contributed by atoms with E-state index < -0.39 is 5.91 Å². The van der Waals surface area contributed by atoms with Gasteiger partial charge >= 0.3 is 0 Å². The lowest BCUT2D eigenvalue weighted by Crippen LogP contribution is -2.34. The van der Waals surface area contributed by atoms with Crippen LogP contribution in [0.15, 0.2) is 54.6 Å². The molecule has 0 spiro atoms. The number of thiocarbonyl (C=S) groups is 1. The van der Waals surface area contributed by atoms with E-state index in [0.717, 1.165) is 5.56 Å². The van der Waals surface area contributed by atoms with E-state index in [9.17, 15) is 9.59 Å². The average Bonchev–Trinajstić information content (AvgIpc) is 2.60. The fourth-order valence-corrected chi connectivity index (χ4v) is 2.62. The Morgan fingerprint density at radius 2 is 1.74 bits per heavy atom. The zero-order valence-electron chi connectivity index (χ0n) is 15.0. The summed E-state index contributed by atoms with van der Waals surface area (Å²) in [4.78, 5) is 24.3. The van der Waals surface area contributed by atoms with E-state index in [2.05, 4.69) is 16.0 Å². The SMILES string of the molecule is CC(C)NC(=O)c1ccccc1NC(=S)NC(=O)/C=C\c1ccccc1Cl. The number of hydrogen-bond acceptors (Lipinski definition) is 3. The van der Waals surface area contributed by atoms with E-state index in [1.165, 1.54) is 6.08 Å². The predicted molar refractivity (Wildman–Crippen MR) is 114 cm³/mol. The average molecular weight is 402 g/mol. The highest BCUT2D eigenvalue weighted by Gasteiger charge is 2.13. The lowest BCUT2D eigenvalue weighted by Gasteiger charge is -2.14. The molecule has 0 aliphatic carbocycles. The van der Waals surface area contributed by atoms with Gasteiger partial charge in [0.15, 0.2) is 5.11 Å². The van der Waals surface area contributed by atoms with Crippen LogP contribution in [0.5, 0.6) is 0 Å². The van der Waals surface area contributed by atoms with Crippen LogP contribution in [0.4, 0.5) is 5.69 Å². The van der Waals surface area contributed by atoms with E-state index in [4.69, 9.17) is 23.8 Å². The fourth-order valence-electron chi connectivity index (χ4n) is 2.21. The third-order valence-electron chi connectivity index (χ3n) is 3.40. The van der Waals surface area contributed by atoms with Gasteiger partial charge in [0.05, 0.1) is 11.3 Å². The molecule has 5 nitrogen and oxygen atoms in total. The van der Waals surface area contributed by atoms with Crippen molar-refractivity contribution in [2.75, 3.05) is 5.32 Å². The minimum Gasteiger partial charge on any atom is -0.350 e. The molecule has 27 heavy (non-hydrogen) atoms. The fraction of sp³-hybridized carbons (Fsp3) is 0.150. The first-order valence-electron chi connectivity index (χ1n) is 8.31. The van der Waals surface area contributed by atoms with Crippen LogP contribution >= 0.6 is 23.8 Å². The van der Waals surface area contributed by atoms with Gasteiger partial charge in [-0.1, -0.05) is 41.9 Å². The Balaban J connectivity index is 2.01. The smallest absolute Gasteiger partial charge is 0.253 e. The summed E-state index contributed by atoms with van der Waals surface area (Å²) >= 11 is 11.2. The van der Waals surface area contributed by atoms with E-state index in [1.54, 1.807) is 42.5 Å². The first-order chi connectivity index (χ1) is 12.9. The van der Waals surface area contributed by atoms with Crippen molar-refractivity contribution in [1.82, 2.24) is 10.6 Å². The molecule has 0 heterocycles. The maximum Gasteiger partial charge on any atom is 0.253 e. The van der Waals surface area contributed by atoms with Crippen LogP contribution in [-0.2, 0) is 4.79 Å². The van der Waals surface area contributed by atoms with Crippen LogP contribution in [0.2, 0.25) is 5.02 Å². The second kappa shape index (κ2) is 9.85. The maximum absolute atomic E-state index is 12.3. The lowest BCUT2D eigenvalue weighted by atomic mass is 10.1. The Labute approximate surface area is 168 Å². The van der Waals surface area contributed by atoms with Gasteiger partial charge in [-0.2, -0.15) is 0 Å². The van der Waals surface area contributed by atoms with Gasteiger partial charge in [-0.25, -0.2) is 0 Å². The molecule has 0 bridgehead atoms. The quantitative estimate of drug-likeness (QED) is 0.523. The molecule has 2 amide bonds. The highest BCUT2D eigenvalue weighted by molar-refractivity contribution is 7.80. The second-order valence-electron chi connectivity index (χ2n) is 5.97. The molecule has 0 saturated carbocycles. The Hall–Kier alpha value is -2.70. The van der Waals surface area contributed by atoms with E-state index in [1.807, 2.05) is 26.0 Å². The molecule has 2 rings (SSSR count). The van der Waals surface area contributed by atoms with Gasteiger partial charge in [0.1, 0.15) is 0 Å². The van der Waals surface area contributed by atoms with Gasteiger partial charge in [0.2, 0.25) is 5.91 Å². The van der Waals surface area contributed by atoms with Crippen molar-refractivity contribution in [2.45, 2.75) is 19.9 Å². The van der Waals surface area contributed by atoms with Crippen LogP contribution in [-0.4, -0.2) is 23.0 Å². The number of rotatable bonds is 5. The van der Waals surface area contributed by atoms with Crippen LogP contribution in [0.1, 0.15) is 29.8 Å². The van der Waals surface area contributed by atoms with Crippen LogP contribution in [0.25, 0.3) is 6.08 Å². The number of carbonyl (C=O) groups is 2. The lowest BCUT2D eigenvalue weighted by molar-refractivity contribution is -0.115. The van der Waals surface area contributed by atoms with Crippen molar-refractivity contribution >= 4 is 52.5 Å². The maximum atomic E-state index is 12.3. The number of amides is 2. The largest absolute Gasteiger partial charge is 0.350 e. The second-order valence-corrected chi connectivity index (χ2v) is 6.79. The summed E-state index contributed by atoms with van der Waals surface area (Å²) in [5.41, 5.74) is 1.68. The molecule has 0 aromatic heterocycles. The molecular weight excluding hydrogens is 382 g/mol. The molecule has 2 aromatic carbocycles. The number of para-hydroxylation sites is 1. The van der Waals surface area contributed by atoms with Gasteiger partial charge in [-0.05, 0) is 55.9 Å².